The smallest absolute Gasteiger partial charge is 0.222 e. The maximum absolute atomic E-state index is 11.6. The Bertz CT molecular complexity index is 194. The lowest BCUT2D eigenvalue weighted by atomic mass is 10.1. The van der Waals surface area contributed by atoms with Crippen LogP contribution in [0.4, 0.5) is 0 Å². The van der Waals surface area contributed by atoms with Crippen LogP contribution in [0.3, 0.4) is 0 Å². The van der Waals surface area contributed by atoms with Gasteiger partial charge in [-0.3, -0.25) is 4.79 Å². The van der Waals surface area contributed by atoms with Crippen LogP contribution in [0.25, 0.3) is 0 Å². The third-order valence-corrected chi connectivity index (χ3v) is 3.04. The van der Waals surface area contributed by atoms with Gasteiger partial charge in [0.15, 0.2) is 0 Å². The third kappa shape index (κ3) is 4.20. The van der Waals surface area contributed by atoms with Crippen LogP contribution in [0, 0.1) is 0 Å². The minimum absolute atomic E-state index is 0.345. The number of nitrogens with one attached hydrogen (secondary N) is 1. The van der Waals surface area contributed by atoms with Crippen LogP contribution in [0.15, 0.2) is 0 Å². The Hall–Kier alpha value is -0.570. The van der Waals surface area contributed by atoms with Crippen molar-refractivity contribution in [2.75, 3.05) is 19.6 Å². The number of amides is 1. The third-order valence-electron chi connectivity index (χ3n) is 3.04. The predicted octanol–water partition coefficient (Wildman–Crippen LogP) is 1.78. The summed E-state index contributed by atoms with van der Waals surface area (Å²) >= 11 is 0. The van der Waals surface area contributed by atoms with Crippen molar-refractivity contribution in [2.24, 2.45) is 0 Å². The van der Waals surface area contributed by atoms with E-state index >= 15 is 0 Å². The lowest BCUT2D eigenvalue weighted by molar-refractivity contribution is -0.133. The normalized spacial score (nSPS) is 19.3. The van der Waals surface area contributed by atoms with Crippen molar-refractivity contribution in [1.82, 2.24) is 10.2 Å². The number of nitrogens with zero attached hydrogens (tertiary/aromatic N) is 1. The monoisotopic (exact) mass is 212 g/mol. The van der Waals surface area contributed by atoms with Gasteiger partial charge >= 0.3 is 0 Å². The van der Waals surface area contributed by atoms with E-state index in [9.17, 15) is 4.79 Å². The van der Waals surface area contributed by atoms with Crippen LogP contribution < -0.4 is 5.32 Å². The highest BCUT2D eigenvalue weighted by Crippen LogP contribution is 2.11. The van der Waals surface area contributed by atoms with Crippen LogP contribution in [0.5, 0.6) is 0 Å². The molecule has 1 fully saturated rings. The first kappa shape index (κ1) is 12.5. The summed E-state index contributed by atoms with van der Waals surface area (Å²) in [6.07, 6.45) is 5.27. The van der Waals surface area contributed by atoms with Gasteiger partial charge in [-0.1, -0.05) is 13.8 Å². The summed E-state index contributed by atoms with van der Waals surface area (Å²) in [7, 11) is 0. The van der Waals surface area contributed by atoms with Gasteiger partial charge in [0.2, 0.25) is 5.91 Å². The van der Waals surface area contributed by atoms with E-state index in [4.69, 9.17) is 0 Å². The van der Waals surface area contributed by atoms with E-state index in [1.165, 1.54) is 6.42 Å². The first-order chi connectivity index (χ1) is 7.27. The van der Waals surface area contributed by atoms with E-state index in [1.807, 2.05) is 4.90 Å². The fraction of sp³-hybridized carbons (Fsp3) is 0.917. The van der Waals surface area contributed by atoms with Gasteiger partial charge in [0.1, 0.15) is 0 Å². The van der Waals surface area contributed by atoms with Crippen molar-refractivity contribution in [3.63, 3.8) is 0 Å². The molecule has 0 radical (unpaired) electrons. The van der Waals surface area contributed by atoms with Crippen LogP contribution in [-0.4, -0.2) is 36.5 Å². The molecule has 15 heavy (non-hydrogen) atoms. The Morgan fingerprint density at radius 3 is 2.80 bits per heavy atom. The van der Waals surface area contributed by atoms with Crippen molar-refractivity contribution in [2.45, 2.75) is 52.0 Å². The lowest BCUT2D eigenvalue weighted by Crippen LogP contribution is -2.45. The molecule has 1 N–H and O–H groups in total. The van der Waals surface area contributed by atoms with Crippen molar-refractivity contribution in [1.29, 1.82) is 0 Å². The second kappa shape index (κ2) is 6.83. The van der Waals surface area contributed by atoms with Gasteiger partial charge in [0.25, 0.3) is 0 Å². The molecule has 0 aliphatic carbocycles. The largest absolute Gasteiger partial charge is 0.341 e. The average Bonchev–Trinajstić information content (AvgIpc) is 2.26. The van der Waals surface area contributed by atoms with Crippen molar-refractivity contribution in [3.05, 3.63) is 0 Å². The highest BCUT2D eigenvalue weighted by Gasteiger charge is 2.20. The van der Waals surface area contributed by atoms with E-state index in [0.29, 0.717) is 11.9 Å². The molecule has 0 aromatic carbocycles. The average molecular weight is 212 g/mol. The molecule has 0 spiro atoms. The van der Waals surface area contributed by atoms with E-state index in [2.05, 4.69) is 19.2 Å². The number of rotatable bonds is 6. The highest BCUT2D eigenvalue weighted by molar-refractivity contribution is 5.76. The summed E-state index contributed by atoms with van der Waals surface area (Å²) in [5, 5.41) is 3.49. The van der Waals surface area contributed by atoms with Crippen molar-refractivity contribution in [3.8, 4) is 0 Å². The minimum Gasteiger partial charge on any atom is -0.341 e. The molecule has 1 heterocycles. The minimum atomic E-state index is 0.345. The van der Waals surface area contributed by atoms with Crippen molar-refractivity contribution < 1.29 is 4.79 Å². The Labute approximate surface area is 93.2 Å². The summed E-state index contributed by atoms with van der Waals surface area (Å²) < 4.78 is 0. The summed E-state index contributed by atoms with van der Waals surface area (Å²) in [5.41, 5.74) is 0. The summed E-state index contributed by atoms with van der Waals surface area (Å²) in [4.78, 5) is 13.6. The predicted molar refractivity (Wildman–Crippen MR) is 62.8 cm³/mol. The zero-order valence-corrected chi connectivity index (χ0v) is 10.1. The SMILES string of the molecule is CCCNC(CC)CN1CCCCC1=O. The first-order valence-electron chi connectivity index (χ1n) is 6.29. The molecule has 1 aliphatic rings. The quantitative estimate of drug-likeness (QED) is 0.728. The van der Waals surface area contributed by atoms with E-state index in [0.717, 1.165) is 45.3 Å². The molecule has 1 atom stereocenters. The lowest BCUT2D eigenvalue weighted by Gasteiger charge is -2.30. The number of hydrogen-bond acceptors (Lipinski definition) is 2. The van der Waals surface area contributed by atoms with Gasteiger partial charge in [0, 0.05) is 25.6 Å². The van der Waals surface area contributed by atoms with E-state index in [-0.39, 0.29) is 0 Å². The number of carbonyl (C=O) groups excluding carboxylic acids is 1. The van der Waals surface area contributed by atoms with Crippen molar-refractivity contribution >= 4 is 5.91 Å². The molecular formula is C12H24N2O. The second-order valence-electron chi connectivity index (χ2n) is 4.36. The molecule has 3 nitrogen and oxygen atoms in total. The molecule has 88 valence electrons. The van der Waals surface area contributed by atoms with Crippen LogP contribution >= 0.6 is 0 Å². The number of piperidine rings is 1. The number of likely N-dealkylation sites (tertiary alicyclic amines) is 1. The Balaban J connectivity index is 2.32. The second-order valence-corrected chi connectivity index (χ2v) is 4.36. The first-order valence-corrected chi connectivity index (χ1v) is 6.29. The topological polar surface area (TPSA) is 32.3 Å². The van der Waals surface area contributed by atoms with Crippen LogP contribution in [0.1, 0.15) is 46.0 Å². The van der Waals surface area contributed by atoms with E-state index < -0.39 is 0 Å². The highest BCUT2D eigenvalue weighted by atomic mass is 16.2. The Kier molecular flexibility index (Phi) is 5.69. The molecule has 0 saturated carbocycles. The van der Waals surface area contributed by atoms with Gasteiger partial charge in [-0.25, -0.2) is 0 Å². The van der Waals surface area contributed by atoms with Gasteiger partial charge in [-0.05, 0) is 32.2 Å². The maximum Gasteiger partial charge on any atom is 0.222 e. The summed E-state index contributed by atoms with van der Waals surface area (Å²) in [5.74, 6) is 0.345. The maximum atomic E-state index is 11.6. The number of hydrogen-bond donors (Lipinski definition) is 1. The molecule has 0 aromatic rings. The standard InChI is InChI=1S/C12H24N2O/c1-3-8-13-11(4-2)10-14-9-6-5-7-12(14)15/h11,13H,3-10H2,1-2H3. The molecule has 1 saturated heterocycles. The molecule has 0 bridgehead atoms. The van der Waals surface area contributed by atoms with Gasteiger partial charge < -0.3 is 10.2 Å². The number of carbonyl (C=O) groups is 1. The molecule has 0 aromatic heterocycles. The van der Waals surface area contributed by atoms with Crippen LogP contribution in [0.2, 0.25) is 0 Å². The summed E-state index contributed by atoms with van der Waals surface area (Å²) in [6, 6.07) is 0.479. The zero-order chi connectivity index (χ0) is 11.1. The van der Waals surface area contributed by atoms with E-state index in [1.54, 1.807) is 0 Å². The Morgan fingerprint density at radius 2 is 2.20 bits per heavy atom. The Morgan fingerprint density at radius 1 is 1.40 bits per heavy atom. The van der Waals surface area contributed by atoms with Gasteiger partial charge in [-0.2, -0.15) is 0 Å². The molecule has 1 aliphatic heterocycles. The fourth-order valence-corrected chi connectivity index (χ4v) is 2.01. The van der Waals surface area contributed by atoms with Gasteiger partial charge in [0.05, 0.1) is 0 Å². The molecule has 1 amide bonds. The molecule has 3 heteroatoms. The van der Waals surface area contributed by atoms with Gasteiger partial charge in [-0.15, -0.1) is 0 Å². The molecular weight excluding hydrogens is 188 g/mol. The fourth-order valence-electron chi connectivity index (χ4n) is 2.01. The summed E-state index contributed by atoms with van der Waals surface area (Å²) in [6.45, 7) is 7.27. The van der Waals surface area contributed by atoms with Crippen LogP contribution in [-0.2, 0) is 4.79 Å². The zero-order valence-electron chi connectivity index (χ0n) is 10.1. The molecule has 1 rings (SSSR count). The molecule has 1 unspecified atom stereocenters.